The molecule has 1 aromatic heterocycles. The van der Waals surface area contributed by atoms with Crippen molar-refractivity contribution in [2.24, 2.45) is 5.10 Å². The lowest BCUT2D eigenvalue weighted by molar-refractivity contribution is 0.150. The zero-order valence-corrected chi connectivity index (χ0v) is 12.1. The van der Waals surface area contributed by atoms with Crippen molar-refractivity contribution in [1.29, 1.82) is 0 Å². The average Bonchev–Trinajstić information content (AvgIpc) is 2.80. The molecule has 20 heavy (non-hydrogen) atoms. The third-order valence-corrected chi connectivity index (χ3v) is 2.91. The van der Waals surface area contributed by atoms with Crippen molar-refractivity contribution < 1.29 is 9.53 Å². The lowest BCUT2D eigenvalue weighted by Gasteiger charge is -1.98. The molecule has 0 aliphatic carbocycles. The molecule has 0 aliphatic heterocycles. The fourth-order valence-electron chi connectivity index (χ4n) is 1.36. The molecule has 0 unspecified atom stereocenters. The Morgan fingerprint density at radius 1 is 1.50 bits per heavy atom. The number of carbonyl (C=O) groups excluding carboxylic acids is 1. The predicted molar refractivity (Wildman–Crippen MR) is 77.9 cm³/mol. The molecule has 0 saturated heterocycles. The maximum Gasteiger partial charge on any atom is 0.437 e. The van der Waals surface area contributed by atoms with Crippen molar-refractivity contribution in [3.05, 3.63) is 45.9 Å². The van der Waals surface area contributed by atoms with E-state index < -0.39 is 6.09 Å². The van der Waals surface area contributed by atoms with Gasteiger partial charge in [0.15, 0.2) is 0 Å². The predicted octanol–water partition coefficient (Wildman–Crippen LogP) is 2.95. The van der Waals surface area contributed by atoms with Crippen molar-refractivity contribution in [1.82, 2.24) is 14.5 Å². The van der Waals surface area contributed by atoms with Gasteiger partial charge in [-0.3, -0.25) is 0 Å². The fourth-order valence-corrected chi connectivity index (χ4v) is 1.71. The van der Waals surface area contributed by atoms with Crippen LogP contribution in [-0.4, -0.2) is 33.4 Å². The van der Waals surface area contributed by atoms with Crippen LogP contribution in [0.5, 0.6) is 0 Å². The molecule has 0 radical (unpaired) electrons. The van der Waals surface area contributed by atoms with Crippen LogP contribution in [0.3, 0.4) is 0 Å². The average molecular weight is 311 g/mol. The van der Waals surface area contributed by atoms with E-state index in [4.69, 9.17) is 28.6 Å². The van der Waals surface area contributed by atoms with Crippen molar-refractivity contribution in [3.8, 4) is 0 Å². The second-order valence-corrected chi connectivity index (χ2v) is 4.47. The Kier molecular flexibility index (Phi) is 4.65. The maximum absolute atomic E-state index is 11.5. The first kappa shape index (κ1) is 14.4. The van der Waals surface area contributed by atoms with Gasteiger partial charge < -0.3 is 4.74 Å². The summed E-state index contributed by atoms with van der Waals surface area (Å²) in [5, 5.41) is 8.60. The number of hydrogen-bond donors (Lipinski definition) is 0. The highest BCUT2D eigenvalue weighted by molar-refractivity contribution is 7.71. The first-order valence-electron chi connectivity index (χ1n) is 5.75. The quantitative estimate of drug-likeness (QED) is 0.646. The molecule has 0 amide bonds. The topological polar surface area (TPSA) is 61.4 Å². The highest BCUT2D eigenvalue weighted by Gasteiger charge is 2.09. The molecule has 8 heteroatoms. The highest BCUT2D eigenvalue weighted by atomic mass is 35.5. The minimum Gasteiger partial charge on any atom is -0.448 e. The Morgan fingerprint density at radius 2 is 2.20 bits per heavy atom. The minimum absolute atomic E-state index is 0.133. The Balaban J connectivity index is 2.20. The Bertz CT molecular complexity index is 690. The molecule has 1 aromatic carbocycles. The van der Waals surface area contributed by atoms with Gasteiger partial charge in [0.05, 0.1) is 12.8 Å². The Labute approximate surface area is 125 Å². The summed E-state index contributed by atoms with van der Waals surface area (Å²) in [6.45, 7) is 1.96. The van der Waals surface area contributed by atoms with Gasteiger partial charge in [-0.1, -0.05) is 23.7 Å². The monoisotopic (exact) mass is 310 g/mol. The van der Waals surface area contributed by atoms with Crippen LogP contribution in [0.15, 0.2) is 35.7 Å². The largest absolute Gasteiger partial charge is 0.448 e. The normalized spacial score (nSPS) is 10.9. The van der Waals surface area contributed by atoms with E-state index in [9.17, 15) is 4.79 Å². The number of carbonyl (C=O) groups is 1. The van der Waals surface area contributed by atoms with Crippen molar-refractivity contribution in [2.75, 3.05) is 6.61 Å². The second kappa shape index (κ2) is 6.44. The zero-order chi connectivity index (χ0) is 14.5. The fraction of sp³-hybridized carbons (Fsp3) is 0.167. The summed E-state index contributed by atoms with van der Waals surface area (Å²) in [7, 11) is 0. The summed E-state index contributed by atoms with van der Waals surface area (Å²) in [6, 6.07) is 7.13. The molecular weight excluding hydrogens is 300 g/mol. The van der Waals surface area contributed by atoms with Crippen LogP contribution in [0.4, 0.5) is 4.79 Å². The summed E-state index contributed by atoms with van der Waals surface area (Å²) < 4.78 is 7.22. The van der Waals surface area contributed by atoms with E-state index >= 15 is 0 Å². The molecule has 0 fully saturated rings. The highest BCUT2D eigenvalue weighted by Crippen LogP contribution is 2.08. The third-order valence-electron chi connectivity index (χ3n) is 2.30. The lowest BCUT2D eigenvalue weighted by Crippen LogP contribution is -2.15. The van der Waals surface area contributed by atoms with Gasteiger partial charge in [-0.25, -0.2) is 4.79 Å². The standard InChI is InChI=1S/C12H11ClN4O2S/c1-2-19-12(18)17-11(20)16(8-15-17)14-7-9-3-5-10(13)6-4-9/h3-8H,2H2,1H3/b14-7+. The molecule has 1 heterocycles. The van der Waals surface area contributed by atoms with Crippen LogP contribution >= 0.6 is 23.8 Å². The summed E-state index contributed by atoms with van der Waals surface area (Å²) in [5.41, 5.74) is 0.847. The van der Waals surface area contributed by atoms with E-state index in [1.807, 2.05) is 12.1 Å². The number of halogens is 1. The van der Waals surface area contributed by atoms with Gasteiger partial charge >= 0.3 is 6.09 Å². The van der Waals surface area contributed by atoms with Crippen LogP contribution in [0.1, 0.15) is 12.5 Å². The van der Waals surface area contributed by atoms with Gasteiger partial charge in [-0.05, 0) is 36.8 Å². The lowest BCUT2D eigenvalue weighted by atomic mass is 10.2. The van der Waals surface area contributed by atoms with E-state index in [0.29, 0.717) is 5.02 Å². The first-order chi connectivity index (χ1) is 9.61. The number of ether oxygens (including phenoxy) is 1. The van der Waals surface area contributed by atoms with Gasteiger partial charge in [0, 0.05) is 5.02 Å². The van der Waals surface area contributed by atoms with Gasteiger partial charge in [-0.15, -0.1) is 9.78 Å². The van der Waals surface area contributed by atoms with Gasteiger partial charge in [0.25, 0.3) is 0 Å². The minimum atomic E-state index is -0.627. The second-order valence-electron chi connectivity index (χ2n) is 3.66. The number of benzene rings is 1. The van der Waals surface area contributed by atoms with Gasteiger partial charge in [0.1, 0.15) is 6.33 Å². The first-order valence-corrected chi connectivity index (χ1v) is 6.54. The molecular formula is C12H11ClN4O2S. The Morgan fingerprint density at radius 3 is 2.85 bits per heavy atom. The molecule has 2 aromatic rings. The smallest absolute Gasteiger partial charge is 0.437 e. The molecule has 0 aliphatic rings. The summed E-state index contributed by atoms with van der Waals surface area (Å²) in [6.07, 6.45) is 2.30. The third kappa shape index (κ3) is 3.31. The maximum atomic E-state index is 11.5. The van der Waals surface area contributed by atoms with Crippen molar-refractivity contribution >= 4 is 36.1 Å². The molecule has 104 valence electrons. The SMILES string of the molecule is CCOC(=O)n1ncn(/N=C/c2ccc(Cl)cc2)c1=S. The molecule has 0 atom stereocenters. The summed E-state index contributed by atoms with van der Waals surface area (Å²) in [5.74, 6) is 0. The molecule has 0 bridgehead atoms. The van der Waals surface area contributed by atoms with E-state index in [-0.39, 0.29) is 11.4 Å². The van der Waals surface area contributed by atoms with E-state index in [0.717, 1.165) is 10.2 Å². The van der Waals surface area contributed by atoms with Crippen LogP contribution in [0.2, 0.25) is 5.02 Å². The van der Waals surface area contributed by atoms with Crippen LogP contribution in [0.25, 0.3) is 0 Å². The summed E-state index contributed by atoms with van der Waals surface area (Å²) >= 11 is 10.9. The Hall–Kier alpha value is -1.99. The molecule has 0 saturated carbocycles. The van der Waals surface area contributed by atoms with Crippen LogP contribution in [-0.2, 0) is 4.74 Å². The van der Waals surface area contributed by atoms with Gasteiger partial charge in [-0.2, -0.15) is 9.78 Å². The van der Waals surface area contributed by atoms with E-state index in [2.05, 4.69) is 10.2 Å². The number of aromatic nitrogens is 3. The van der Waals surface area contributed by atoms with Crippen molar-refractivity contribution in [3.63, 3.8) is 0 Å². The molecule has 6 nitrogen and oxygen atoms in total. The van der Waals surface area contributed by atoms with Gasteiger partial charge in [0.2, 0.25) is 4.77 Å². The number of rotatable bonds is 3. The number of nitrogens with zero attached hydrogens (tertiary/aromatic N) is 4. The van der Waals surface area contributed by atoms with E-state index in [1.54, 1.807) is 25.3 Å². The molecule has 2 rings (SSSR count). The molecule has 0 N–H and O–H groups in total. The van der Waals surface area contributed by atoms with Crippen molar-refractivity contribution in [2.45, 2.75) is 6.92 Å². The van der Waals surface area contributed by atoms with Crippen LogP contribution < -0.4 is 0 Å². The molecule has 0 spiro atoms. The van der Waals surface area contributed by atoms with Crippen LogP contribution in [0, 0.1) is 4.77 Å². The number of hydrogen-bond acceptors (Lipinski definition) is 5. The summed E-state index contributed by atoms with van der Waals surface area (Å²) in [4.78, 5) is 11.5. The zero-order valence-electron chi connectivity index (χ0n) is 10.6. The van der Waals surface area contributed by atoms with E-state index in [1.165, 1.54) is 11.0 Å².